The molecule has 0 saturated carbocycles. The summed E-state index contributed by atoms with van der Waals surface area (Å²) in [5.74, 6) is -0.555. The molecule has 0 fully saturated rings. The highest BCUT2D eigenvalue weighted by Crippen LogP contribution is 2.41. The molecule has 2 atom stereocenters. The number of hydrogen-bond donors (Lipinski definition) is 0. The van der Waals surface area contributed by atoms with E-state index in [9.17, 15) is 9.90 Å². The van der Waals surface area contributed by atoms with E-state index in [-0.39, 0.29) is 5.92 Å². The van der Waals surface area contributed by atoms with Crippen LogP contribution in [0.1, 0.15) is 130 Å². The molecule has 0 aromatic carbocycles. The molecule has 0 bridgehead atoms. The van der Waals surface area contributed by atoms with Crippen LogP contribution in [-0.2, 0) is 9.90 Å². The van der Waals surface area contributed by atoms with Crippen LogP contribution < -0.4 is 0 Å². The quantitative estimate of drug-likeness (QED) is 0.231. The van der Waals surface area contributed by atoms with E-state index in [1.54, 1.807) is 0 Å². The van der Waals surface area contributed by atoms with E-state index in [1.165, 1.54) is 70.6 Å². The summed E-state index contributed by atoms with van der Waals surface area (Å²) < 4.78 is 0. The molecule has 149 valence electrons. The Hall–Kier alpha value is -0.530. The number of rotatable bonds is 18. The van der Waals surface area contributed by atoms with Crippen LogP contribution in [0.4, 0.5) is 0 Å². The van der Waals surface area contributed by atoms with Gasteiger partial charge in [-0.2, -0.15) is 0 Å². The fraction of sp³-hybridized carbons (Fsp3) is 0.957. The molecule has 2 nitrogen and oxygen atoms in total. The van der Waals surface area contributed by atoms with Crippen LogP contribution in [-0.4, -0.2) is 5.97 Å². The molecule has 0 rings (SSSR count). The average molecular weight is 354 g/mol. The second-order valence-electron chi connectivity index (χ2n) is 8.17. The third-order valence-electron chi connectivity index (χ3n) is 6.01. The SMILES string of the molecule is CCCCCCCCC(C)C(CCC)(CCCCCCCC)C([O])=O. The van der Waals surface area contributed by atoms with Gasteiger partial charge >= 0.3 is 5.97 Å². The van der Waals surface area contributed by atoms with Crippen molar-refractivity contribution in [2.45, 2.75) is 130 Å². The zero-order chi connectivity index (χ0) is 19.0. The van der Waals surface area contributed by atoms with Gasteiger partial charge in [0.05, 0.1) is 5.41 Å². The molecule has 0 saturated heterocycles. The van der Waals surface area contributed by atoms with Crippen molar-refractivity contribution in [3.63, 3.8) is 0 Å². The molecule has 0 spiro atoms. The molecule has 0 aliphatic heterocycles. The van der Waals surface area contributed by atoms with E-state index >= 15 is 0 Å². The molecule has 0 aromatic heterocycles. The van der Waals surface area contributed by atoms with E-state index in [4.69, 9.17) is 0 Å². The molecule has 0 N–H and O–H groups in total. The summed E-state index contributed by atoms with van der Waals surface area (Å²) in [6.07, 6.45) is 18.5. The number of hydrogen-bond acceptors (Lipinski definition) is 1. The first kappa shape index (κ1) is 24.5. The number of unbranched alkanes of at least 4 members (excludes halogenated alkanes) is 10. The van der Waals surface area contributed by atoms with Crippen molar-refractivity contribution in [2.75, 3.05) is 0 Å². The first-order chi connectivity index (χ1) is 12.0. The average Bonchev–Trinajstić information content (AvgIpc) is 2.59. The molecule has 2 unspecified atom stereocenters. The highest BCUT2D eigenvalue weighted by Gasteiger charge is 2.43. The standard InChI is InChI=1S/C23H45O2/c1-5-8-10-12-14-16-18-21(4)23(19-7-3,22(24)25)20-17-15-13-11-9-6-2/h21H,5-20H2,1-4H3. The van der Waals surface area contributed by atoms with E-state index in [0.29, 0.717) is 0 Å². The van der Waals surface area contributed by atoms with Gasteiger partial charge in [-0.05, 0) is 25.2 Å². The van der Waals surface area contributed by atoms with Crippen LogP contribution in [0.15, 0.2) is 0 Å². The van der Waals surface area contributed by atoms with E-state index in [0.717, 1.165) is 32.1 Å². The lowest BCUT2D eigenvalue weighted by atomic mass is 9.68. The van der Waals surface area contributed by atoms with Gasteiger partial charge in [0, 0.05) is 0 Å². The summed E-state index contributed by atoms with van der Waals surface area (Å²) in [6.45, 7) is 8.74. The summed E-state index contributed by atoms with van der Waals surface area (Å²) >= 11 is 0. The first-order valence-corrected chi connectivity index (χ1v) is 11.3. The van der Waals surface area contributed by atoms with E-state index < -0.39 is 11.4 Å². The fourth-order valence-electron chi connectivity index (χ4n) is 4.20. The maximum absolute atomic E-state index is 12.1. The van der Waals surface area contributed by atoms with Crippen molar-refractivity contribution in [3.05, 3.63) is 0 Å². The summed E-state index contributed by atoms with van der Waals surface area (Å²) in [7, 11) is 0. The maximum Gasteiger partial charge on any atom is 0.361 e. The lowest BCUT2D eigenvalue weighted by Crippen LogP contribution is -2.37. The van der Waals surface area contributed by atoms with Crippen molar-refractivity contribution < 1.29 is 9.90 Å². The van der Waals surface area contributed by atoms with Crippen LogP contribution >= 0.6 is 0 Å². The minimum Gasteiger partial charge on any atom is -0.247 e. The largest absolute Gasteiger partial charge is 0.361 e. The molecular weight excluding hydrogens is 308 g/mol. The van der Waals surface area contributed by atoms with Gasteiger partial charge in [0.2, 0.25) is 0 Å². The Morgan fingerprint density at radius 2 is 1.16 bits per heavy atom. The van der Waals surface area contributed by atoms with Crippen LogP contribution in [0.25, 0.3) is 0 Å². The van der Waals surface area contributed by atoms with Crippen molar-refractivity contribution in [2.24, 2.45) is 11.3 Å². The van der Waals surface area contributed by atoms with Crippen molar-refractivity contribution in [1.29, 1.82) is 0 Å². The summed E-state index contributed by atoms with van der Waals surface area (Å²) in [5, 5.41) is 12.1. The fourth-order valence-corrected chi connectivity index (χ4v) is 4.20. The van der Waals surface area contributed by atoms with Gasteiger partial charge in [-0.1, -0.05) is 111 Å². The van der Waals surface area contributed by atoms with Crippen molar-refractivity contribution in [1.82, 2.24) is 0 Å². The minimum absolute atomic E-state index is 0.235. The Bertz CT molecular complexity index is 313. The Morgan fingerprint density at radius 1 is 0.680 bits per heavy atom. The minimum atomic E-state index is -0.790. The molecule has 2 heteroatoms. The molecule has 0 aliphatic carbocycles. The van der Waals surface area contributed by atoms with Crippen LogP contribution in [0.5, 0.6) is 0 Å². The molecule has 0 aliphatic rings. The zero-order valence-corrected chi connectivity index (χ0v) is 17.7. The maximum atomic E-state index is 12.1. The summed E-state index contributed by atoms with van der Waals surface area (Å²) in [6, 6.07) is 0. The summed E-state index contributed by atoms with van der Waals surface area (Å²) in [4.78, 5) is 12.1. The third-order valence-corrected chi connectivity index (χ3v) is 6.01. The van der Waals surface area contributed by atoms with Crippen LogP contribution in [0.3, 0.4) is 0 Å². The normalized spacial score (nSPS) is 15.0. The lowest BCUT2D eigenvalue weighted by molar-refractivity contribution is -0.161. The topological polar surface area (TPSA) is 37.0 Å². The molecule has 25 heavy (non-hydrogen) atoms. The first-order valence-electron chi connectivity index (χ1n) is 11.3. The Kier molecular flexibility index (Phi) is 15.4. The van der Waals surface area contributed by atoms with Gasteiger partial charge in [0.15, 0.2) is 0 Å². The van der Waals surface area contributed by atoms with E-state index in [2.05, 4.69) is 27.7 Å². The van der Waals surface area contributed by atoms with Gasteiger partial charge in [-0.15, -0.1) is 0 Å². The van der Waals surface area contributed by atoms with Crippen molar-refractivity contribution >= 4 is 5.97 Å². The zero-order valence-electron chi connectivity index (χ0n) is 17.7. The Morgan fingerprint density at radius 3 is 1.64 bits per heavy atom. The second-order valence-corrected chi connectivity index (χ2v) is 8.17. The van der Waals surface area contributed by atoms with Gasteiger partial charge in [-0.25, -0.2) is 9.90 Å². The van der Waals surface area contributed by atoms with Crippen LogP contribution in [0.2, 0.25) is 0 Å². The van der Waals surface area contributed by atoms with Crippen molar-refractivity contribution in [3.8, 4) is 0 Å². The lowest BCUT2D eigenvalue weighted by Gasteiger charge is -2.34. The van der Waals surface area contributed by atoms with Crippen LogP contribution in [0, 0.1) is 11.3 Å². The highest BCUT2D eigenvalue weighted by molar-refractivity contribution is 5.74. The molecule has 0 heterocycles. The van der Waals surface area contributed by atoms with Gasteiger partial charge in [0.1, 0.15) is 0 Å². The van der Waals surface area contributed by atoms with Gasteiger partial charge < -0.3 is 0 Å². The molecule has 0 amide bonds. The predicted molar refractivity (Wildman–Crippen MR) is 108 cm³/mol. The predicted octanol–water partition coefficient (Wildman–Crippen LogP) is 7.87. The highest BCUT2D eigenvalue weighted by atomic mass is 16.4. The van der Waals surface area contributed by atoms with E-state index in [1.807, 2.05) is 0 Å². The monoisotopic (exact) mass is 353 g/mol. The van der Waals surface area contributed by atoms with Gasteiger partial charge in [0.25, 0.3) is 0 Å². The third kappa shape index (κ3) is 10.3. The number of carbonyl (C=O) groups excluding carboxylic acids is 1. The Labute approximate surface area is 158 Å². The Balaban J connectivity index is 4.43. The second kappa shape index (κ2) is 15.7. The molecular formula is C23H45O2. The number of carbonyl (C=O) groups is 1. The molecule has 0 aromatic rings. The van der Waals surface area contributed by atoms with Gasteiger partial charge in [-0.3, -0.25) is 0 Å². The summed E-state index contributed by atoms with van der Waals surface area (Å²) in [5.41, 5.74) is -0.594. The molecule has 1 radical (unpaired) electrons. The smallest absolute Gasteiger partial charge is 0.247 e.